The predicted octanol–water partition coefficient (Wildman–Crippen LogP) is 2.52. The molecule has 4 aromatic carbocycles. The summed E-state index contributed by atoms with van der Waals surface area (Å²) < 4.78 is 13.8. The second kappa shape index (κ2) is 12.1. The molecule has 0 atom stereocenters. The Kier molecular flexibility index (Phi) is 9.39. The van der Waals surface area contributed by atoms with Crippen molar-refractivity contribution >= 4 is 40.2 Å². The van der Waals surface area contributed by atoms with Crippen molar-refractivity contribution in [2.24, 2.45) is 0 Å². The molecule has 37 heavy (non-hydrogen) atoms. The molecule has 6 heteroatoms. The van der Waals surface area contributed by atoms with E-state index in [2.05, 4.69) is 130 Å². The smallest absolute Gasteiger partial charge is 0.123 e. The van der Waals surface area contributed by atoms with Crippen LogP contribution >= 0.6 is 7.26 Å². The van der Waals surface area contributed by atoms with Gasteiger partial charge in [-0.2, -0.15) is 0 Å². The van der Waals surface area contributed by atoms with E-state index >= 15 is 0 Å². The van der Waals surface area contributed by atoms with Crippen LogP contribution in [-0.2, 0) is 6.16 Å². The second-order valence-corrected chi connectivity index (χ2v) is 13.3. The van der Waals surface area contributed by atoms with Crippen LogP contribution in [0.15, 0.2) is 97.1 Å². The first-order valence-corrected chi connectivity index (χ1v) is 14.1. The Morgan fingerprint density at radius 2 is 0.784 bits per heavy atom. The Morgan fingerprint density at radius 1 is 0.486 bits per heavy atom. The Bertz CT molecular complexity index is 1150. The van der Waals surface area contributed by atoms with Crippen molar-refractivity contribution in [3.63, 3.8) is 0 Å². The monoisotopic (exact) mass is 579 g/mol. The van der Waals surface area contributed by atoms with Gasteiger partial charge in [0.1, 0.15) is 29.0 Å². The molecule has 0 saturated heterocycles. The van der Waals surface area contributed by atoms with Gasteiger partial charge in [0, 0.05) is 59.3 Å². The fourth-order valence-corrected chi connectivity index (χ4v) is 8.78. The third-order valence-corrected chi connectivity index (χ3v) is 11.1. The number of halogens is 2. The van der Waals surface area contributed by atoms with E-state index in [0.717, 1.165) is 11.7 Å². The van der Waals surface area contributed by atoms with Crippen molar-refractivity contribution in [3.8, 4) is 0 Å². The van der Waals surface area contributed by atoms with Crippen LogP contribution in [0.4, 0.5) is 21.5 Å². The first-order chi connectivity index (χ1) is 17.2. The maximum atomic E-state index is 13.8. The molecule has 0 aromatic heterocycles. The Morgan fingerprint density at radius 3 is 1.05 bits per heavy atom. The van der Waals surface area contributed by atoms with Crippen LogP contribution in [0, 0.1) is 5.82 Å². The molecule has 0 heterocycles. The Labute approximate surface area is 232 Å². The molecule has 0 amide bonds. The number of anilines is 3. The van der Waals surface area contributed by atoms with Gasteiger partial charge in [-0.3, -0.25) is 0 Å². The molecule has 0 N–H and O–H groups in total. The average Bonchev–Trinajstić information content (AvgIpc) is 2.88. The van der Waals surface area contributed by atoms with Crippen molar-refractivity contribution in [3.05, 3.63) is 108 Å². The minimum Gasteiger partial charge on any atom is -1.00 e. The zero-order valence-electron chi connectivity index (χ0n) is 22.5. The van der Waals surface area contributed by atoms with E-state index in [-0.39, 0.29) is 22.8 Å². The Balaban J connectivity index is 0.00000380. The van der Waals surface area contributed by atoms with E-state index in [0.29, 0.717) is 0 Å². The van der Waals surface area contributed by atoms with Crippen LogP contribution in [0.25, 0.3) is 0 Å². The van der Waals surface area contributed by atoms with Crippen LogP contribution in [0.5, 0.6) is 0 Å². The third-order valence-electron chi connectivity index (χ3n) is 6.75. The molecule has 0 saturated carbocycles. The van der Waals surface area contributed by atoms with Gasteiger partial charge >= 0.3 is 0 Å². The van der Waals surface area contributed by atoms with E-state index in [4.69, 9.17) is 0 Å². The van der Waals surface area contributed by atoms with Crippen molar-refractivity contribution in [2.45, 2.75) is 6.16 Å². The van der Waals surface area contributed by atoms with Crippen molar-refractivity contribution < 1.29 is 21.4 Å². The van der Waals surface area contributed by atoms with E-state index in [1.54, 1.807) is 12.1 Å². The molecule has 0 radical (unpaired) electrons. The molecule has 0 aliphatic rings. The van der Waals surface area contributed by atoms with Crippen LogP contribution < -0.4 is 47.6 Å². The van der Waals surface area contributed by atoms with E-state index in [1.807, 2.05) is 12.1 Å². The van der Waals surface area contributed by atoms with Gasteiger partial charge < -0.3 is 31.7 Å². The lowest BCUT2D eigenvalue weighted by molar-refractivity contribution is -0.00000795. The van der Waals surface area contributed by atoms with Gasteiger partial charge in [-0.1, -0.05) is 12.1 Å². The van der Waals surface area contributed by atoms with E-state index < -0.39 is 7.26 Å². The molecule has 0 spiro atoms. The molecule has 0 aliphatic carbocycles. The first-order valence-electron chi connectivity index (χ1n) is 12.2. The average molecular weight is 581 g/mol. The number of hydrogen-bond donors (Lipinski definition) is 0. The number of hydrogen-bond acceptors (Lipinski definition) is 3. The van der Waals surface area contributed by atoms with Crippen LogP contribution in [0.3, 0.4) is 0 Å². The summed E-state index contributed by atoms with van der Waals surface area (Å²) in [7, 11) is 10.3. The molecular weight excluding hydrogens is 544 g/mol. The first kappa shape index (κ1) is 28.7. The summed E-state index contributed by atoms with van der Waals surface area (Å²) in [6, 6.07) is 33.9. The summed E-state index contributed by atoms with van der Waals surface area (Å²) in [4.78, 5) is 6.38. The largest absolute Gasteiger partial charge is 1.00 e. The number of nitrogens with zero attached hydrogens (tertiary/aromatic N) is 3. The van der Waals surface area contributed by atoms with Crippen LogP contribution in [0.1, 0.15) is 5.56 Å². The normalized spacial score (nSPS) is 11.0. The summed E-state index contributed by atoms with van der Waals surface area (Å²) in [6.45, 7) is 0. The van der Waals surface area contributed by atoms with Gasteiger partial charge in [-0.25, -0.2) is 4.39 Å². The van der Waals surface area contributed by atoms with Crippen LogP contribution in [0.2, 0.25) is 0 Å². The summed E-state index contributed by atoms with van der Waals surface area (Å²) in [5.74, 6) is -0.205. The van der Waals surface area contributed by atoms with Crippen LogP contribution in [-0.4, -0.2) is 42.3 Å². The number of benzene rings is 4. The SMILES string of the molecule is CN(C)c1ccc([P+](Cc2ccc(F)cc2)(c2ccc(N(C)C)cc2)c2ccc(N(C)C)cc2)cc1.[Br-]. The maximum absolute atomic E-state index is 13.8. The lowest BCUT2D eigenvalue weighted by Gasteiger charge is -2.29. The fraction of sp³-hybridized carbons (Fsp3) is 0.226. The van der Waals surface area contributed by atoms with E-state index in [9.17, 15) is 4.39 Å². The minimum atomic E-state index is -2.12. The fourth-order valence-electron chi connectivity index (χ4n) is 4.60. The topological polar surface area (TPSA) is 9.72 Å². The molecule has 0 unspecified atom stereocenters. The molecular formula is C31H36BrFN3P. The molecule has 4 aromatic rings. The highest BCUT2D eigenvalue weighted by atomic mass is 79.9. The highest BCUT2D eigenvalue weighted by Gasteiger charge is 2.45. The minimum absolute atomic E-state index is 0. The molecule has 4 rings (SSSR count). The van der Waals surface area contributed by atoms with Crippen molar-refractivity contribution in [1.82, 2.24) is 0 Å². The lowest BCUT2D eigenvalue weighted by atomic mass is 10.2. The summed E-state index contributed by atoms with van der Waals surface area (Å²) in [6.07, 6.45) is 0.817. The summed E-state index contributed by atoms with van der Waals surface area (Å²) in [5.41, 5.74) is 4.65. The zero-order chi connectivity index (χ0) is 25.9. The molecule has 0 fully saturated rings. The molecule has 0 aliphatic heterocycles. The second-order valence-electron chi connectivity index (χ2n) is 9.83. The Hall–Kier alpha value is -2.88. The molecule has 0 bridgehead atoms. The standard InChI is InChI=1S/C31H36FN3P.BrH/c1-33(2)26-11-17-29(18-12-26)36(23-24-7-9-25(32)10-8-24,30-19-13-27(14-20-30)34(3)4)31-21-15-28(16-22-31)35(5)6;/h7-22H,23H2,1-6H3;1H/q+1;/p-1. The van der Waals surface area contributed by atoms with Gasteiger partial charge in [0.05, 0.1) is 6.16 Å². The third kappa shape index (κ3) is 6.17. The van der Waals surface area contributed by atoms with Gasteiger partial charge in [0.25, 0.3) is 0 Å². The molecule has 194 valence electrons. The quantitative estimate of drug-likeness (QED) is 0.297. The molecule has 3 nitrogen and oxygen atoms in total. The van der Waals surface area contributed by atoms with E-state index in [1.165, 1.54) is 33.0 Å². The van der Waals surface area contributed by atoms with Crippen molar-refractivity contribution in [1.29, 1.82) is 0 Å². The predicted molar refractivity (Wildman–Crippen MR) is 158 cm³/mol. The lowest BCUT2D eigenvalue weighted by Crippen LogP contribution is -3.00. The van der Waals surface area contributed by atoms with Gasteiger partial charge in [-0.15, -0.1) is 0 Å². The number of rotatable bonds is 8. The van der Waals surface area contributed by atoms with Gasteiger partial charge in [0.2, 0.25) is 0 Å². The highest BCUT2D eigenvalue weighted by Crippen LogP contribution is 2.58. The van der Waals surface area contributed by atoms with Gasteiger partial charge in [0.15, 0.2) is 0 Å². The van der Waals surface area contributed by atoms with Gasteiger partial charge in [-0.05, 0) is 90.5 Å². The van der Waals surface area contributed by atoms with Crippen molar-refractivity contribution in [2.75, 3.05) is 57.0 Å². The zero-order valence-corrected chi connectivity index (χ0v) is 25.0. The highest BCUT2D eigenvalue weighted by molar-refractivity contribution is 7.95. The summed E-state index contributed by atoms with van der Waals surface area (Å²) >= 11 is 0. The maximum Gasteiger partial charge on any atom is 0.123 e. The summed E-state index contributed by atoms with van der Waals surface area (Å²) in [5, 5.41) is 3.94.